The molecule has 0 aliphatic heterocycles. The monoisotopic (exact) mass is 365 g/mol. The van der Waals surface area contributed by atoms with E-state index in [0.29, 0.717) is 0 Å². The molecule has 0 aliphatic carbocycles. The van der Waals surface area contributed by atoms with Crippen LogP contribution in [0.4, 0.5) is 0 Å². The minimum atomic E-state index is -0.500. The molecule has 1 aromatic heterocycles. The fourth-order valence-corrected chi connectivity index (χ4v) is 3.15. The van der Waals surface area contributed by atoms with Crippen LogP contribution in [0.2, 0.25) is 0 Å². The molecule has 3 rings (SSSR count). The average molecular weight is 366 g/mol. The van der Waals surface area contributed by atoms with E-state index < -0.39 is 5.60 Å². The average Bonchev–Trinajstić information content (AvgIpc) is 2.59. The lowest BCUT2D eigenvalue weighted by atomic mass is 9.93. The molecule has 0 saturated carbocycles. The van der Waals surface area contributed by atoms with E-state index >= 15 is 0 Å². The van der Waals surface area contributed by atoms with E-state index in [-0.39, 0.29) is 5.56 Å². The Morgan fingerprint density at radius 3 is 2.04 bits per heavy atom. The number of hydrogen-bond acceptors (Lipinski definition) is 2. The molecule has 2 aromatic carbocycles. The van der Waals surface area contributed by atoms with Crippen LogP contribution < -0.4 is 5.56 Å². The van der Waals surface area contributed by atoms with E-state index in [9.17, 15) is 4.79 Å². The minimum absolute atomic E-state index is 0.0834. The number of fused-ring (bicyclic) bond motifs is 1. The van der Waals surface area contributed by atoms with Gasteiger partial charge < -0.3 is 9.67 Å². The highest BCUT2D eigenvalue weighted by Crippen LogP contribution is 2.31. The largest absolute Gasteiger partial charge is 0.391 e. The number of nitrogens with zero attached hydrogens (tertiary/aromatic N) is 1. The van der Waals surface area contributed by atoms with Crippen LogP contribution in [0, 0.1) is 13.8 Å². The standard InChI is InChI=1S/C20H21NO.C4H10O/c1-5-18-19(15-11-10-13(2)14(3)12-15)16-8-6-7-9-17(16)20(22)21(18)4;1-4(2,3)5/h6-12H,5H2,1-4H3;5H,1-3H3. The zero-order chi connectivity index (χ0) is 20.4. The molecular formula is C24H31NO2. The first kappa shape index (κ1) is 20.9. The molecule has 144 valence electrons. The fraction of sp³-hybridized carbons (Fsp3) is 0.375. The van der Waals surface area contributed by atoms with Crippen molar-refractivity contribution in [2.45, 2.75) is 53.6 Å². The predicted octanol–water partition coefficient (Wildman–Crippen LogP) is 5.16. The van der Waals surface area contributed by atoms with Gasteiger partial charge in [-0.2, -0.15) is 0 Å². The summed E-state index contributed by atoms with van der Waals surface area (Å²) >= 11 is 0. The summed E-state index contributed by atoms with van der Waals surface area (Å²) in [7, 11) is 1.87. The molecule has 0 radical (unpaired) electrons. The normalized spacial score (nSPS) is 11.3. The third kappa shape index (κ3) is 4.86. The molecule has 0 bridgehead atoms. The summed E-state index contributed by atoms with van der Waals surface area (Å²) in [5, 5.41) is 10.4. The first-order chi connectivity index (χ1) is 12.5. The number of rotatable bonds is 2. The summed E-state index contributed by atoms with van der Waals surface area (Å²) in [5.74, 6) is 0. The maximum absolute atomic E-state index is 12.6. The van der Waals surface area contributed by atoms with Crippen LogP contribution in [-0.4, -0.2) is 15.3 Å². The maximum atomic E-state index is 12.6. The summed E-state index contributed by atoms with van der Waals surface area (Å²) in [6, 6.07) is 14.5. The molecular weight excluding hydrogens is 334 g/mol. The third-order valence-electron chi connectivity index (χ3n) is 4.56. The number of aliphatic hydroxyl groups is 1. The number of pyridine rings is 1. The molecule has 0 saturated heterocycles. The third-order valence-corrected chi connectivity index (χ3v) is 4.56. The highest BCUT2D eigenvalue weighted by Gasteiger charge is 2.15. The highest BCUT2D eigenvalue weighted by molar-refractivity contribution is 5.97. The van der Waals surface area contributed by atoms with Crippen molar-refractivity contribution in [2.24, 2.45) is 7.05 Å². The molecule has 3 heteroatoms. The zero-order valence-electron chi connectivity index (χ0n) is 17.6. The number of aryl methyl sites for hydroxylation is 2. The molecule has 0 atom stereocenters. The number of aromatic nitrogens is 1. The van der Waals surface area contributed by atoms with E-state index in [4.69, 9.17) is 5.11 Å². The summed E-state index contributed by atoms with van der Waals surface area (Å²) in [4.78, 5) is 12.6. The van der Waals surface area contributed by atoms with Crippen molar-refractivity contribution >= 4 is 10.8 Å². The van der Waals surface area contributed by atoms with E-state index in [1.165, 1.54) is 22.3 Å². The Hall–Kier alpha value is -2.39. The smallest absolute Gasteiger partial charge is 0.258 e. The molecule has 0 unspecified atom stereocenters. The van der Waals surface area contributed by atoms with Crippen LogP contribution in [0.5, 0.6) is 0 Å². The van der Waals surface area contributed by atoms with Crippen molar-refractivity contribution in [1.29, 1.82) is 0 Å². The van der Waals surface area contributed by atoms with Crippen LogP contribution >= 0.6 is 0 Å². The Bertz CT molecular complexity index is 1000. The summed E-state index contributed by atoms with van der Waals surface area (Å²) < 4.78 is 1.80. The molecule has 27 heavy (non-hydrogen) atoms. The molecule has 0 spiro atoms. The van der Waals surface area contributed by atoms with Crippen LogP contribution in [-0.2, 0) is 13.5 Å². The van der Waals surface area contributed by atoms with Crippen molar-refractivity contribution < 1.29 is 5.11 Å². The van der Waals surface area contributed by atoms with Crippen molar-refractivity contribution in [3.8, 4) is 11.1 Å². The lowest BCUT2D eigenvalue weighted by Crippen LogP contribution is -2.21. The number of hydrogen-bond donors (Lipinski definition) is 1. The van der Waals surface area contributed by atoms with Crippen LogP contribution in [0.3, 0.4) is 0 Å². The molecule has 1 N–H and O–H groups in total. The van der Waals surface area contributed by atoms with Gasteiger partial charge in [-0.15, -0.1) is 0 Å². The van der Waals surface area contributed by atoms with Crippen molar-refractivity contribution in [3.63, 3.8) is 0 Å². The Balaban J connectivity index is 0.000000465. The Kier molecular flexibility index (Phi) is 6.27. The number of benzene rings is 2. The Morgan fingerprint density at radius 2 is 1.52 bits per heavy atom. The lowest BCUT2D eigenvalue weighted by Gasteiger charge is -2.17. The van der Waals surface area contributed by atoms with Crippen molar-refractivity contribution in [1.82, 2.24) is 4.57 Å². The van der Waals surface area contributed by atoms with E-state index in [2.05, 4.69) is 45.0 Å². The topological polar surface area (TPSA) is 42.2 Å². The van der Waals surface area contributed by atoms with Gasteiger partial charge in [-0.25, -0.2) is 0 Å². The second-order valence-corrected chi connectivity index (χ2v) is 8.05. The second kappa shape index (κ2) is 8.10. The predicted molar refractivity (Wildman–Crippen MR) is 115 cm³/mol. The van der Waals surface area contributed by atoms with Gasteiger partial charge in [0.2, 0.25) is 0 Å². The first-order valence-electron chi connectivity index (χ1n) is 9.45. The van der Waals surface area contributed by atoms with Crippen LogP contribution in [0.1, 0.15) is 44.5 Å². The van der Waals surface area contributed by atoms with Crippen molar-refractivity contribution in [3.05, 3.63) is 69.6 Å². The van der Waals surface area contributed by atoms with Gasteiger partial charge in [0.05, 0.1) is 5.60 Å². The van der Waals surface area contributed by atoms with Crippen LogP contribution in [0.15, 0.2) is 47.3 Å². The first-order valence-corrected chi connectivity index (χ1v) is 9.45. The summed E-state index contributed by atoms with van der Waals surface area (Å²) in [6.45, 7) is 11.6. The van der Waals surface area contributed by atoms with Crippen molar-refractivity contribution in [2.75, 3.05) is 0 Å². The quantitative estimate of drug-likeness (QED) is 0.681. The van der Waals surface area contributed by atoms with E-state index in [1.807, 2.05) is 25.2 Å². The van der Waals surface area contributed by atoms with Gasteiger partial charge in [0.15, 0.2) is 0 Å². The molecule has 3 aromatic rings. The van der Waals surface area contributed by atoms with Crippen LogP contribution in [0.25, 0.3) is 21.9 Å². The SMILES string of the molecule is CC(C)(C)O.CCc1c(-c2ccc(C)c(C)c2)c2ccccc2c(=O)n1C. The highest BCUT2D eigenvalue weighted by atomic mass is 16.3. The second-order valence-electron chi connectivity index (χ2n) is 8.05. The van der Waals surface area contributed by atoms with Gasteiger partial charge >= 0.3 is 0 Å². The zero-order valence-corrected chi connectivity index (χ0v) is 17.6. The van der Waals surface area contributed by atoms with Gasteiger partial charge in [-0.3, -0.25) is 4.79 Å². The van der Waals surface area contributed by atoms with Gasteiger partial charge in [-0.05, 0) is 69.2 Å². The molecule has 0 aliphatic rings. The minimum Gasteiger partial charge on any atom is -0.391 e. The van der Waals surface area contributed by atoms with Gasteiger partial charge in [0, 0.05) is 23.7 Å². The Labute approximate surface area is 162 Å². The maximum Gasteiger partial charge on any atom is 0.258 e. The summed E-state index contributed by atoms with van der Waals surface area (Å²) in [5.41, 5.74) is 5.61. The molecule has 0 amide bonds. The van der Waals surface area contributed by atoms with E-state index in [0.717, 1.165) is 22.9 Å². The van der Waals surface area contributed by atoms with Gasteiger partial charge in [-0.1, -0.05) is 43.3 Å². The molecule has 0 fully saturated rings. The molecule has 1 heterocycles. The summed E-state index contributed by atoms with van der Waals surface area (Å²) in [6.07, 6.45) is 0.832. The Morgan fingerprint density at radius 1 is 0.963 bits per heavy atom. The van der Waals surface area contributed by atoms with E-state index in [1.54, 1.807) is 25.3 Å². The fourth-order valence-electron chi connectivity index (χ4n) is 3.15. The van der Waals surface area contributed by atoms with Gasteiger partial charge in [0.1, 0.15) is 0 Å². The molecule has 3 nitrogen and oxygen atoms in total. The lowest BCUT2D eigenvalue weighted by molar-refractivity contribution is 0.102. The van der Waals surface area contributed by atoms with Gasteiger partial charge in [0.25, 0.3) is 5.56 Å².